The zero-order valence-electron chi connectivity index (χ0n) is 16.7. The summed E-state index contributed by atoms with van der Waals surface area (Å²) in [6.07, 6.45) is 3.85. The molecule has 0 aliphatic carbocycles. The highest BCUT2D eigenvalue weighted by atomic mass is 127. The van der Waals surface area contributed by atoms with Crippen molar-refractivity contribution in [2.45, 2.75) is 20.0 Å². The lowest BCUT2D eigenvalue weighted by atomic mass is 10.1. The van der Waals surface area contributed by atoms with Crippen molar-refractivity contribution in [1.29, 1.82) is 0 Å². The second-order valence-corrected chi connectivity index (χ2v) is 6.73. The maximum atomic E-state index is 5.38. The quantitative estimate of drug-likeness (QED) is 0.347. The van der Waals surface area contributed by atoms with Crippen molar-refractivity contribution < 1.29 is 4.74 Å². The minimum absolute atomic E-state index is 0. The Hall–Kier alpha value is -1.65. The second-order valence-electron chi connectivity index (χ2n) is 6.73. The zero-order chi connectivity index (χ0) is 18.9. The second kappa shape index (κ2) is 12.0. The highest BCUT2D eigenvalue weighted by Gasteiger charge is 2.09. The summed E-state index contributed by atoms with van der Waals surface area (Å²) in [4.78, 5) is 11.0. The molecule has 2 aromatic rings. The van der Waals surface area contributed by atoms with Gasteiger partial charge in [-0.2, -0.15) is 0 Å². The molecule has 0 saturated carbocycles. The van der Waals surface area contributed by atoms with Crippen LogP contribution in [0, 0.1) is 6.92 Å². The third kappa shape index (κ3) is 7.06. The molecule has 1 aromatic carbocycles. The molecule has 1 aromatic heterocycles. The van der Waals surface area contributed by atoms with E-state index in [0.717, 1.165) is 64.3 Å². The topological polar surface area (TPSA) is 66.7 Å². The lowest BCUT2D eigenvalue weighted by Gasteiger charge is -2.26. The molecule has 154 valence electrons. The van der Waals surface area contributed by atoms with E-state index in [1.54, 1.807) is 0 Å². The molecule has 0 bridgehead atoms. The van der Waals surface area contributed by atoms with Gasteiger partial charge in [0.15, 0.2) is 5.96 Å². The molecule has 2 N–H and O–H groups in total. The van der Waals surface area contributed by atoms with Crippen LogP contribution < -0.4 is 10.6 Å². The van der Waals surface area contributed by atoms with E-state index in [4.69, 9.17) is 4.74 Å². The van der Waals surface area contributed by atoms with Crippen molar-refractivity contribution in [3.8, 4) is 0 Å². The Balaban J connectivity index is 0.00000280. The predicted molar refractivity (Wildman–Crippen MR) is 123 cm³/mol. The number of halogens is 1. The Kier molecular flexibility index (Phi) is 9.72. The van der Waals surface area contributed by atoms with Crippen LogP contribution in [0.2, 0.25) is 0 Å². The van der Waals surface area contributed by atoms with Crippen LogP contribution in [0.15, 0.2) is 41.7 Å². The number of hydrogen-bond donors (Lipinski definition) is 2. The Morgan fingerprint density at radius 3 is 2.71 bits per heavy atom. The maximum Gasteiger partial charge on any atom is 0.191 e. The summed E-state index contributed by atoms with van der Waals surface area (Å²) in [6, 6.07) is 8.62. The first-order valence-electron chi connectivity index (χ1n) is 9.55. The average Bonchev–Trinajstić information content (AvgIpc) is 3.10. The Bertz CT molecular complexity index is 742. The first kappa shape index (κ1) is 22.6. The molecule has 2 heterocycles. The van der Waals surface area contributed by atoms with E-state index in [1.165, 1.54) is 11.1 Å². The third-order valence-electron chi connectivity index (χ3n) is 4.78. The number of hydrogen-bond acceptors (Lipinski definition) is 4. The summed E-state index contributed by atoms with van der Waals surface area (Å²) in [5.41, 5.74) is 2.51. The minimum Gasteiger partial charge on any atom is -0.379 e. The van der Waals surface area contributed by atoms with E-state index in [2.05, 4.69) is 54.3 Å². The van der Waals surface area contributed by atoms with E-state index in [9.17, 15) is 0 Å². The molecule has 0 radical (unpaired) electrons. The molecule has 1 saturated heterocycles. The molecule has 0 amide bonds. The van der Waals surface area contributed by atoms with Gasteiger partial charge < -0.3 is 19.9 Å². The van der Waals surface area contributed by atoms with E-state index < -0.39 is 0 Å². The smallest absolute Gasteiger partial charge is 0.191 e. The van der Waals surface area contributed by atoms with Crippen LogP contribution in [-0.2, 0) is 17.8 Å². The van der Waals surface area contributed by atoms with Crippen molar-refractivity contribution in [2.75, 3.05) is 46.4 Å². The number of aliphatic imine (C=N–C) groups is 1. The van der Waals surface area contributed by atoms with Gasteiger partial charge in [0.25, 0.3) is 0 Å². The molecule has 7 nitrogen and oxygen atoms in total. The fourth-order valence-electron chi connectivity index (χ4n) is 3.17. The number of ether oxygens (including phenoxy) is 1. The number of guanidine groups is 1. The summed E-state index contributed by atoms with van der Waals surface area (Å²) in [6.45, 7) is 9.18. The van der Waals surface area contributed by atoms with Crippen LogP contribution in [0.3, 0.4) is 0 Å². The first-order chi connectivity index (χ1) is 13.2. The molecule has 0 spiro atoms. The Morgan fingerprint density at radius 2 is 2.00 bits per heavy atom. The minimum atomic E-state index is 0. The third-order valence-corrected chi connectivity index (χ3v) is 4.78. The zero-order valence-corrected chi connectivity index (χ0v) is 19.1. The number of benzene rings is 1. The van der Waals surface area contributed by atoms with Gasteiger partial charge in [0.1, 0.15) is 5.82 Å². The van der Waals surface area contributed by atoms with E-state index >= 15 is 0 Å². The molecule has 1 aliphatic heterocycles. The molecule has 28 heavy (non-hydrogen) atoms. The number of imidazole rings is 1. The van der Waals surface area contributed by atoms with Gasteiger partial charge in [0.05, 0.1) is 13.2 Å². The average molecular weight is 498 g/mol. The number of nitrogens with zero attached hydrogens (tertiary/aromatic N) is 4. The number of rotatable bonds is 7. The molecule has 0 unspecified atom stereocenters. The van der Waals surface area contributed by atoms with Crippen LogP contribution in [0.5, 0.6) is 0 Å². The number of aryl methyl sites for hydroxylation is 1. The molecule has 3 rings (SSSR count). The summed E-state index contributed by atoms with van der Waals surface area (Å²) in [7, 11) is 1.81. The number of nitrogens with one attached hydrogen (secondary N) is 2. The number of morpholine rings is 1. The van der Waals surface area contributed by atoms with Crippen molar-refractivity contribution in [2.24, 2.45) is 4.99 Å². The van der Waals surface area contributed by atoms with Gasteiger partial charge in [-0.15, -0.1) is 24.0 Å². The lowest BCUT2D eigenvalue weighted by molar-refractivity contribution is 0.0389. The van der Waals surface area contributed by atoms with Crippen molar-refractivity contribution in [3.63, 3.8) is 0 Å². The Morgan fingerprint density at radius 1 is 1.21 bits per heavy atom. The van der Waals surface area contributed by atoms with Gasteiger partial charge in [0, 0.05) is 58.7 Å². The maximum absolute atomic E-state index is 5.38. The van der Waals surface area contributed by atoms with E-state index in [0.29, 0.717) is 0 Å². The highest BCUT2D eigenvalue weighted by Crippen LogP contribution is 2.08. The van der Waals surface area contributed by atoms with Gasteiger partial charge in [-0.05, 0) is 18.1 Å². The summed E-state index contributed by atoms with van der Waals surface area (Å²) in [5, 5.41) is 6.79. The predicted octanol–water partition coefficient (Wildman–Crippen LogP) is 1.86. The molecule has 8 heteroatoms. The van der Waals surface area contributed by atoms with Gasteiger partial charge in [-0.1, -0.05) is 24.3 Å². The summed E-state index contributed by atoms with van der Waals surface area (Å²) >= 11 is 0. The van der Waals surface area contributed by atoms with Crippen molar-refractivity contribution in [3.05, 3.63) is 53.6 Å². The van der Waals surface area contributed by atoms with Gasteiger partial charge in [0.2, 0.25) is 0 Å². The van der Waals surface area contributed by atoms with Crippen molar-refractivity contribution >= 4 is 29.9 Å². The summed E-state index contributed by atoms with van der Waals surface area (Å²) in [5.74, 6) is 1.86. The highest BCUT2D eigenvalue weighted by molar-refractivity contribution is 14.0. The molecular formula is C20H31IN6O. The van der Waals surface area contributed by atoms with Crippen molar-refractivity contribution in [1.82, 2.24) is 25.1 Å². The van der Waals surface area contributed by atoms with Crippen LogP contribution in [0.1, 0.15) is 17.0 Å². The summed E-state index contributed by atoms with van der Waals surface area (Å²) < 4.78 is 7.53. The number of aromatic nitrogens is 2. The molecule has 0 atom stereocenters. The fraction of sp³-hybridized carbons (Fsp3) is 0.500. The first-order valence-corrected chi connectivity index (χ1v) is 9.55. The standard InChI is InChI=1S/C20H30N6O.HI/c1-17-22-7-9-26(17)16-19-5-3-4-18(14-19)15-24-20(21-2)23-6-8-25-10-12-27-13-11-25;/h3-5,7,9,14H,6,8,10-13,15-16H2,1-2H3,(H2,21,23,24);1H. The van der Waals surface area contributed by atoms with E-state index in [-0.39, 0.29) is 24.0 Å². The molecule has 1 fully saturated rings. The van der Waals surface area contributed by atoms with Crippen LogP contribution >= 0.6 is 24.0 Å². The van der Waals surface area contributed by atoms with E-state index in [1.807, 2.05) is 26.4 Å². The molecule has 1 aliphatic rings. The normalized spacial score (nSPS) is 15.1. The van der Waals surface area contributed by atoms with Gasteiger partial charge in [-0.25, -0.2) is 4.98 Å². The Labute approximate surface area is 184 Å². The fourth-order valence-corrected chi connectivity index (χ4v) is 3.17. The van der Waals surface area contributed by atoms with Crippen LogP contribution in [0.25, 0.3) is 0 Å². The molecular weight excluding hydrogens is 467 g/mol. The largest absolute Gasteiger partial charge is 0.379 e. The van der Waals surface area contributed by atoms with Gasteiger partial charge in [-0.3, -0.25) is 9.89 Å². The van der Waals surface area contributed by atoms with Crippen LogP contribution in [0.4, 0.5) is 0 Å². The van der Waals surface area contributed by atoms with Gasteiger partial charge >= 0.3 is 0 Å². The SMILES string of the molecule is CN=C(NCCN1CCOCC1)NCc1cccc(Cn2ccnc2C)c1.I. The van der Waals surface area contributed by atoms with Crippen LogP contribution in [-0.4, -0.2) is 66.9 Å². The lowest BCUT2D eigenvalue weighted by Crippen LogP contribution is -2.44. The monoisotopic (exact) mass is 498 g/mol.